The summed E-state index contributed by atoms with van der Waals surface area (Å²) in [4.78, 5) is 26.3. The van der Waals surface area contributed by atoms with Crippen LogP contribution >= 0.6 is 0 Å². The largest absolute Gasteiger partial charge is 0.477 e. The van der Waals surface area contributed by atoms with E-state index in [2.05, 4.69) is 10.3 Å². The number of aromatic carboxylic acids is 1. The molecule has 1 amide bonds. The number of anilines is 1. The first kappa shape index (κ1) is 13.7. The summed E-state index contributed by atoms with van der Waals surface area (Å²) in [7, 11) is 0. The summed E-state index contributed by atoms with van der Waals surface area (Å²) in [6.07, 6.45) is 1.23. The highest BCUT2D eigenvalue weighted by Crippen LogP contribution is 2.13. The summed E-state index contributed by atoms with van der Waals surface area (Å²) in [5.74, 6) is -2.13. The molecule has 2 N–H and O–H groups in total. The zero-order valence-electron chi connectivity index (χ0n) is 10.6. The van der Waals surface area contributed by atoms with E-state index in [1.54, 1.807) is 6.92 Å². The van der Waals surface area contributed by atoms with Gasteiger partial charge in [0.15, 0.2) is 0 Å². The number of pyridine rings is 1. The fourth-order valence-corrected chi connectivity index (χ4v) is 1.63. The van der Waals surface area contributed by atoms with Crippen LogP contribution in [0.5, 0.6) is 0 Å². The summed E-state index contributed by atoms with van der Waals surface area (Å²) in [6.45, 7) is 1.69. The van der Waals surface area contributed by atoms with Crippen LogP contribution < -0.4 is 5.32 Å². The van der Waals surface area contributed by atoms with E-state index >= 15 is 0 Å². The van der Waals surface area contributed by atoms with E-state index in [-0.39, 0.29) is 11.3 Å². The predicted octanol–water partition coefficient (Wildman–Crippen LogP) is 2.48. The highest BCUT2D eigenvalue weighted by Gasteiger charge is 2.11. The van der Waals surface area contributed by atoms with Crippen LogP contribution in [0, 0.1) is 12.7 Å². The molecular formula is C14H11FN2O3. The Morgan fingerprint density at radius 3 is 2.60 bits per heavy atom. The first-order valence-electron chi connectivity index (χ1n) is 5.74. The molecule has 0 aliphatic carbocycles. The van der Waals surface area contributed by atoms with Gasteiger partial charge in [0.2, 0.25) is 0 Å². The minimum absolute atomic E-state index is 0.120. The average Bonchev–Trinajstić information content (AvgIpc) is 2.42. The zero-order valence-corrected chi connectivity index (χ0v) is 10.6. The van der Waals surface area contributed by atoms with Crippen molar-refractivity contribution in [3.63, 3.8) is 0 Å². The maximum absolute atomic E-state index is 13.1. The van der Waals surface area contributed by atoms with Gasteiger partial charge in [0, 0.05) is 5.56 Å². The van der Waals surface area contributed by atoms with Crippen molar-refractivity contribution in [1.82, 2.24) is 4.98 Å². The van der Waals surface area contributed by atoms with Crippen molar-refractivity contribution < 1.29 is 19.1 Å². The third kappa shape index (κ3) is 2.97. The Morgan fingerprint density at radius 2 is 2.00 bits per heavy atom. The van der Waals surface area contributed by atoms with Gasteiger partial charge in [-0.1, -0.05) is 6.07 Å². The summed E-state index contributed by atoms with van der Waals surface area (Å²) in [5.41, 5.74) is 1.07. The van der Waals surface area contributed by atoms with Gasteiger partial charge in [-0.25, -0.2) is 14.2 Å². The second kappa shape index (κ2) is 5.48. The van der Waals surface area contributed by atoms with Crippen LogP contribution in [0.3, 0.4) is 0 Å². The Hall–Kier alpha value is -2.76. The van der Waals surface area contributed by atoms with Crippen LogP contribution in [0.4, 0.5) is 10.1 Å². The van der Waals surface area contributed by atoms with Gasteiger partial charge >= 0.3 is 5.97 Å². The number of aryl methyl sites for hydroxylation is 1. The summed E-state index contributed by atoms with van der Waals surface area (Å²) in [6, 6.07) is 6.62. The van der Waals surface area contributed by atoms with Crippen LogP contribution in [-0.4, -0.2) is 22.0 Å². The number of carbonyl (C=O) groups excluding carboxylic acids is 1. The molecule has 20 heavy (non-hydrogen) atoms. The quantitative estimate of drug-likeness (QED) is 0.901. The number of benzene rings is 1. The van der Waals surface area contributed by atoms with Gasteiger partial charge < -0.3 is 10.4 Å². The molecule has 0 spiro atoms. The van der Waals surface area contributed by atoms with Gasteiger partial charge in [-0.3, -0.25) is 4.79 Å². The van der Waals surface area contributed by atoms with E-state index in [0.29, 0.717) is 11.3 Å². The molecule has 2 rings (SSSR count). The van der Waals surface area contributed by atoms with Crippen molar-refractivity contribution in [3.8, 4) is 0 Å². The van der Waals surface area contributed by atoms with Gasteiger partial charge in [0.05, 0.1) is 11.9 Å². The molecule has 0 fully saturated rings. The second-order valence-electron chi connectivity index (χ2n) is 4.15. The van der Waals surface area contributed by atoms with Crippen LogP contribution in [0.2, 0.25) is 0 Å². The average molecular weight is 274 g/mol. The minimum Gasteiger partial charge on any atom is -0.477 e. The fourth-order valence-electron chi connectivity index (χ4n) is 1.63. The van der Waals surface area contributed by atoms with Crippen LogP contribution in [0.25, 0.3) is 0 Å². The molecule has 0 radical (unpaired) electrons. The molecule has 2 aromatic rings. The molecule has 5 nitrogen and oxygen atoms in total. The van der Waals surface area contributed by atoms with E-state index in [4.69, 9.17) is 5.11 Å². The number of hydrogen-bond acceptors (Lipinski definition) is 3. The summed E-state index contributed by atoms with van der Waals surface area (Å²) in [5, 5.41) is 11.2. The van der Waals surface area contributed by atoms with E-state index in [1.165, 1.54) is 30.5 Å². The Labute approximate surface area is 114 Å². The molecule has 6 heteroatoms. The maximum Gasteiger partial charge on any atom is 0.354 e. The Morgan fingerprint density at radius 1 is 1.25 bits per heavy atom. The van der Waals surface area contributed by atoms with E-state index in [0.717, 1.165) is 6.07 Å². The monoisotopic (exact) mass is 274 g/mol. The zero-order chi connectivity index (χ0) is 14.7. The third-order valence-corrected chi connectivity index (χ3v) is 2.68. The van der Waals surface area contributed by atoms with Crippen molar-refractivity contribution in [2.45, 2.75) is 6.92 Å². The van der Waals surface area contributed by atoms with Gasteiger partial charge in [-0.2, -0.15) is 0 Å². The predicted molar refractivity (Wildman–Crippen MR) is 70.3 cm³/mol. The van der Waals surface area contributed by atoms with E-state index in [1.807, 2.05) is 0 Å². The minimum atomic E-state index is -1.15. The lowest BCUT2D eigenvalue weighted by Gasteiger charge is -2.07. The molecule has 0 unspecified atom stereocenters. The molecule has 1 aromatic carbocycles. The number of halogens is 1. The van der Waals surface area contributed by atoms with Crippen molar-refractivity contribution in [1.29, 1.82) is 0 Å². The molecular weight excluding hydrogens is 263 g/mol. The number of aromatic nitrogens is 1. The highest BCUT2D eigenvalue weighted by molar-refractivity contribution is 6.05. The molecule has 0 saturated carbocycles. The third-order valence-electron chi connectivity index (χ3n) is 2.68. The lowest BCUT2D eigenvalue weighted by molar-refractivity contribution is 0.0690. The Kier molecular flexibility index (Phi) is 3.74. The number of hydrogen-bond donors (Lipinski definition) is 2. The topological polar surface area (TPSA) is 79.3 Å². The fraction of sp³-hybridized carbons (Fsp3) is 0.0714. The standard InChI is InChI=1S/C14H11FN2O3/c1-8-2-3-9(15)6-11(8)13(18)17-10-4-5-12(14(19)20)16-7-10/h2-7H,1H3,(H,17,18)(H,19,20). The van der Waals surface area contributed by atoms with Gasteiger partial charge in [-0.15, -0.1) is 0 Å². The first-order valence-corrected chi connectivity index (χ1v) is 5.74. The lowest BCUT2D eigenvalue weighted by Crippen LogP contribution is -2.14. The van der Waals surface area contributed by atoms with Crippen LogP contribution in [-0.2, 0) is 0 Å². The number of amides is 1. The Balaban J connectivity index is 2.19. The molecule has 1 aromatic heterocycles. The van der Waals surface area contributed by atoms with Crippen molar-refractivity contribution >= 4 is 17.6 Å². The van der Waals surface area contributed by atoms with Gasteiger partial charge in [-0.05, 0) is 36.8 Å². The number of carbonyl (C=O) groups is 2. The number of carboxylic acid groups (broad SMARTS) is 1. The number of carboxylic acids is 1. The summed E-state index contributed by atoms with van der Waals surface area (Å²) < 4.78 is 13.1. The number of nitrogens with one attached hydrogen (secondary N) is 1. The first-order chi connectivity index (χ1) is 9.47. The second-order valence-corrected chi connectivity index (χ2v) is 4.15. The van der Waals surface area contributed by atoms with E-state index < -0.39 is 17.7 Å². The molecule has 102 valence electrons. The SMILES string of the molecule is Cc1ccc(F)cc1C(=O)Nc1ccc(C(=O)O)nc1. The highest BCUT2D eigenvalue weighted by atomic mass is 19.1. The smallest absolute Gasteiger partial charge is 0.354 e. The molecule has 0 bridgehead atoms. The number of rotatable bonds is 3. The normalized spacial score (nSPS) is 10.1. The van der Waals surface area contributed by atoms with Gasteiger partial charge in [0.1, 0.15) is 11.5 Å². The van der Waals surface area contributed by atoms with Crippen molar-refractivity contribution in [3.05, 3.63) is 59.2 Å². The Bertz CT molecular complexity index is 669. The molecule has 0 saturated heterocycles. The van der Waals surface area contributed by atoms with Gasteiger partial charge in [0.25, 0.3) is 5.91 Å². The van der Waals surface area contributed by atoms with Crippen molar-refractivity contribution in [2.24, 2.45) is 0 Å². The molecule has 0 atom stereocenters. The lowest BCUT2D eigenvalue weighted by atomic mass is 10.1. The molecule has 0 aliphatic heterocycles. The van der Waals surface area contributed by atoms with Crippen LogP contribution in [0.1, 0.15) is 26.4 Å². The molecule has 0 aliphatic rings. The summed E-state index contributed by atoms with van der Waals surface area (Å²) >= 11 is 0. The molecule has 1 heterocycles. The van der Waals surface area contributed by atoms with Crippen LogP contribution in [0.15, 0.2) is 36.5 Å². The van der Waals surface area contributed by atoms with Crippen molar-refractivity contribution in [2.75, 3.05) is 5.32 Å². The van der Waals surface area contributed by atoms with E-state index in [9.17, 15) is 14.0 Å². The maximum atomic E-state index is 13.1. The number of nitrogens with zero attached hydrogens (tertiary/aromatic N) is 1.